The van der Waals surface area contributed by atoms with Crippen LogP contribution in [-0.2, 0) is 6.42 Å². The quantitative estimate of drug-likeness (QED) is 0.779. The molecule has 0 aromatic heterocycles. The molecule has 4 heteroatoms. The molecule has 14 heavy (non-hydrogen) atoms. The Balaban J connectivity index is 2.32. The number of benzene rings is 1. The van der Waals surface area contributed by atoms with Crippen LogP contribution in [0.25, 0.3) is 0 Å². The molecule has 76 valence electrons. The van der Waals surface area contributed by atoms with Crippen molar-refractivity contribution in [3.05, 3.63) is 35.1 Å². The van der Waals surface area contributed by atoms with Gasteiger partial charge in [0.15, 0.2) is 0 Å². The van der Waals surface area contributed by atoms with Crippen LogP contribution in [0.15, 0.2) is 12.1 Å². The minimum absolute atomic E-state index is 0.0784. The van der Waals surface area contributed by atoms with Crippen molar-refractivity contribution in [3.63, 3.8) is 0 Å². The lowest BCUT2D eigenvalue weighted by Gasteiger charge is -2.09. The Labute approximate surface area is 79.2 Å². The molecule has 0 heterocycles. The fourth-order valence-corrected chi connectivity index (χ4v) is 1.39. The highest BCUT2D eigenvalue weighted by Gasteiger charge is 2.41. The van der Waals surface area contributed by atoms with Crippen molar-refractivity contribution in [2.75, 3.05) is 0 Å². The maximum atomic E-state index is 13.1. The highest BCUT2D eigenvalue weighted by atomic mass is 19.1. The third kappa shape index (κ3) is 1.75. The van der Waals surface area contributed by atoms with E-state index in [0.29, 0.717) is 25.0 Å². The SMILES string of the molecule is OC1(Cc2c(F)cc(F)cc2F)CC1. The van der Waals surface area contributed by atoms with Crippen molar-refractivity contribution in [1.29, 1.82) is 0 Å². The molecule has 1 N–H and O–H groups in total. The number of hydrogen-bond acceptors (Lipinski definition) is 1. The van der Waals surface area contributed by atoms with E-state index in [9.17, 15) is 18.3 Å². The normalized spacial score (nSPS) is 18.3. The van der Waals surface area contributed by atoms with Crippen molar-refractivity contribution in [2.45, 2.75) is 24.9 Å². The zero-order valence-corrected chi connectivity index (χ0v) is 7.36. The molecule has 0 bridgehead atoms. The highest BCUT2D eigenvalue weighted by Crippen LogP contribution is 2.39. The molecule has 1 aliphatic carbocycles. The second-order valence-corrected chi connectivity index (χ2v) is 3.75. The summed E-state index contributed by atoms with van der Waals surface area (Å²) in [6, 6.07) is 1.26. The standard InChI is InChI=1S/C10H9F3O/c11-6-3-8(12)7(9(13)4-6)5-10(14)1-2-10/h3-4,14H,1-2,5H2. The van der Waals surface area contributed by atoms with Gasteiger partial charge in [0.25, 0.3) is 0 Å². The van der Waals surface area contributed by atoms with Crippen LogP contribution in [0.5, 0.6) is 0 Å². The molecule has 0 aliphatic heterocycles. The van der Waals surface area contributed by atoms with Crippen molar-refractivity contribution in [3.8, 4) is 0 Å². The minimum atomic E-state index is -0.973. The summed E-state index contributed by atoms with van der Waals surface area (Å²) in [4.78, 5) is 0. The first-order valence-corrected chi connectivity index (χ1v) is 4.36. The molecule has 0 saturated heterocycles. The highest BCUT2D eigenvalue weighted by molar-refractivity contribution is 5.24. The lowest BCUT2D eigenvalue weighted by molar-refractivity contribution is 0.148. The van der Waals surface area contributed by atoms with E-state index in [4.69, 9.17) is 0 Å². The molecular weight excluding hydrogens is 193 g/mol. The monoisotopic (exact) mass is 202 g/mol. The van der Waals surface area contributed by atoms with Crippen LogP contribution >= 0.6 is 0 Å². The van der Waals surface area contributed by atoms with Gasteiger partial charge in [-0.3, -0.25) is 0 Å². The maximum absolute atomic E-state index is 13.1. The Hall–Kier alpha value is -1.03. The molecule has 1 aliphatic rings. The Morgan fingerprint density at radius 3 is 2.07 bits per heavy atom. The van der Waals surface area contributed by atoms with Gasteiger partial charge in [0.05, 0.1) is 5.60 Å². The fourth-order valence-electron chi connectivity index (χ4n) is 1.39. The van der Waals surface area contributed by atoms with Crippen LogP contribution in [0.3, 0.4) is 0 Å². The van der Waals surface area contributed by atoms with E-state index in [1.165, 1.54) is 0 Å². The molecule has 1 fully saturated rings. The van der Waals surface area contributed by atoms with Crippen LogP contribution < -0.4 is 0 Å². The lowest BCUT2D eigenvalue weighted by atomic mass is 10.1. The van der Waals surface area contributed by atoms with E-state index >= 15 is 0 Å². The van der Waals surface area contributed by atoms with Gasteiger partial charge >= 0.3 is 0 Å². The van der Waals surface area contributed by atoms with Gasteiger partial charge < -0.3 is 5.11 Å². The lowest BCUT2D eigenvalue weighted by Crippen LogP contribution is -2.13. The van der Waals surface area contributed by atoms with E-state index in [1.807, 2.05) is 0 Å². The minimum Gasteiger partial charge on any atom is -0.390 e. The van der Waals surface area contributed by atoms with E-state index in [-0.39, 0.29) is 12.0 Å². The van der Waals surface area contributed by atoms with E-state index in [2.05, 4.69) is 0 Å². The van der Waals surface area contributed by atoms with Crippen LogP contribution in [-0.4, -0.2) is 10.7 Å². The van der Waals surface area contributed by atoms with Gasteiger partial charge in [-0.25, -0.2) is 13.2 Å². The second-order valence-electron chi connectivity index (χ2n) is 3.75. The summed E-state index contributed by atoms with van der Waals surface area (Å²) < 4.78 is 38.7. The predicted molar refractivity (Wildman–Crippen MR) is 44.2 cm³/mol. The number of rotatable bonds is 2. The second kappa shape index (κ2) is 2.98. The van der Waals surface area contributed by atoms with Crippen molar-refractivity contribution < 1.29 is 18.3 Å². The van der Waals surface area contributed by atoms with Gasteiger partial charge in [0, 0.05) is 24.1 Å². The van der Waals surface area contributed by atoms with Gasteiger partial charge in [-0.15, -0.1) is 0 Å². The van der Waals surface area contributed by atoms with Crippen LogP contribution in [0.1, 0.15) is 18.4 Å². The van der Waals surface area contributed by atoms with Gasteiger partial charge in [0.2, 0.25) is 0 Å². The molecule has 1 aromatic rings. The molecule has 0 radical (unpaired) electrons. The number of aliphatic hydroxyl groups is 1. The van der Waals surface area contributed by atoms with E-state index in [1.54, 1.807) is 0 Å². The Bertz CT molecular complexity index is 349. The first kappa shape index (κ1) is 9.52. The van der Waals surface area contributed by atoms with Crippen LogP contribution in [0, 0.1) is 17.5 Å². The molecule has 0 unspecified atom stereocenters. The van der Waals surface area contributed by atoms with E-state index < -0.39 is 23.1 Å². The summed E-state index contributed by atoms with van der Waals surface area (Å²) in [5, 5.41) is 9.47. The van der Waals surface area contributed by atoms with Crippen molar-refractivity contribution in [1.82, 2.24) is 0 Å². The summed E-state index contributed by atoms with van der Waals surface area (Å²) in [6.45, 7) is 0. The van der Waals surface area contributed by atoms with Gasteiger partial charge in [0.1, 0.15) is 17.5 Å². The third-order valence-corrected chi connectivity index (χ3v) is 2.44. The summed E-state index contributed by atoms with van der Waals surface area (Å²) in [6.07, 6.45) is 1.01. The summed E-state index contributed by atoms with van der Waals surface area (Å²) >= 11 is 0. The Morgan fingerprint density at radius 2 is 1.64 bits per heavy atom. The molecular formula is C10H9F3O. The Kier molecular flexibility index (Phi) is 2.03. The summed E-state index contributed by atoms with van der Waals surface area (Å²) in [7, 11) is 0. The summed E-state index contributed by atoms with van der Waals surface area (Å²) in [5.41, 5.74) is -1.20. The van der Waals surface area contributed by atoms with Gasteiger partial charge in [-0.2, -0.15) is 0 Å². The average molecular weight is 202 g/mol. The molecule has 1 saturated carbocycles. The van der Waals surface area contributed by atoms with Crippen LogP contribution in [0.2, 0.25) is 0 Å². The van der Waals surface area contributed by atoms with Crippen LogP contribution in [0.4, 0.5) is 13.2 Å². The maximum Gasteiger partial charge on any atom is 0.132 e. The first-order valence-electron chi connectivity index (χ1n) is 4.36. The zero-order valence-electron chi connectivity index (χ0n) is 7.36. The van der Waals surface area contributed by atoms with Gasteiger partial charge in [-0.05, 0) is 12.8 Å². The smallest absolute Gasteiger partial charge is 0.132 e. The fraction of sp³-hybridized carbons (Fsp3) is 0.400. The summed E-state index contributed by atoms with van der Waals surface area (Å²) in [5.74, 6) is -2.79. The van der Waals surface area contributed by atoms with Crippen molar-refractivity contribution >= 4 is 0 Å². The third-order valence-electron chi connectivity index (χ3n) is 2.44. The molecule has 0 amide bonds. The average Bonchev–Trinajstić information content (AvgIpc) is 2.77. The van der Waals surface area contributed by atoms with E-state index in [0.717, 1.165) is 0 Å². The zero-order chi connectivity index (χ0) is 10.3. The first-order chi connectivity index (χ1) is 6.50. The number of hydrogen-bond donors (Lipinski definition) is 1. The topological polar surface area (TPSA) is 20.2 Å². The van der Waals surface area contributed by atoms with Gasteiger partial charge in [-0.1, -0.05) is 0 Å². The molecule has 0 spiro atoms. The van der Waals surface area contributed by atoms with Crippen molar-refractivity contribution in [2.24, 2.45) is 0 Å². The molecule has 1 aromatic carbocycles. The number of halogens is 3. The predicted octanol–water partition coefficient (Wildman–Crippen LogP) is 2.17. The Morgan fingerprint density at radius 1 is 1.14 bits per heavy atom. The largest absolute Gasteiger partial charge is 0.390 e. The molecule has 0 atom stereocenters. The molecule has 1 nitrogen and oxygen atoms in total. The molecule has 2 rings (SSSR count).